The van der Waals surface area contributed by atoms with Gasteiger partial charge < -0.3 is 14.5 Å². The van der Waals surface area contributed by atoms with Gasteiger partial charge in [-0.05, 0) is 31.5 Å². The summed E-state index contributed by atoms with van der Waals surface area (Å²) in [7, 11) is 0. The highest BCUT2D eigenvalue weighted by atomic mass is 16.5. The highest BCUT2D eigenvalue weighted by Gasteiger charge is 2.22. The number of aromatic nitrogens is 2. The van der Waals surface area contributed by atoms with Crippen LogP contribution in [0.25, 0.3) is 11.3 Å². The Bertz CT molecular complexity index is 801. The molecule has 29 heavy (non-hydrogen) atoms. The summed E-state index contributed by atoms with van der Waals surface area (Å²) < 4.78 is 5.81. The van der Waals surface area contributed by atoms with E-state index in [-0.39, 0.29) is 6.10 Å². The minimum Gasteiger partial charge on any atom is -0.370 e. The van der Waals surface area contributed by atoms with Gasteiger partial charge in [0.15, 0.2) is 5.82 Å². The summed E-state index contributed by atoms with van der Waals surface area (Å²) >= 11 is 0. The van der Waals surface area contributed by atoms with Crippen molar-refractivity contribution in [3.8, 4) is 11.3 Å². The van der Waals surface area contributed by atoms with Gasteiger partial charge in [0.25, 0.3) is 0 Å². The molecule has 4 rings (SSSR count). The number of carbonyl (C=O) groups excluding carboxylic acids is 1. The van der Waals surface area contributed by atoms with Crippen LogP contribution in [0.15, 0.2) is 36.4 Å². The van der Waals surface area contributed by atoms with E-state index in [1.807, 2.05) is 18.2 Å². The van der Waals surface area contributed by atoms with Crippen LogP contribution in [0, 0.1) is 0 Å². The van der Waals surface area contributed by atoms with Crippen molar-refractivity contribution >= 4 is 12.2 Å². The summed E-state index contributed by atoms with van der Waals surface area (Å²) in [6.07, 6.45) is 0.824. The average molecular weight is 396 g/mol. The van der Waals surface area contributed by atoms with Crippen LogP contribution < -0.4 is 4.90 Å². The second-order valence-corrected chi connectivity index (χ2v) is 7.98. The predicted molar refractivity (Wildman–Crippen MR) is 113 cm³/mol. The molecule has 1 amide bonds. The van der Waals surface area contributed by atoms with Gasteiger partial charge in [0.2, 0.25) is 6.41 Å². The van der Waals surface area contributed by atoms with E-state index in [9.17, 15) is 4.79 Å². The molecule has 0 spiro atoms. The first-order valence-corrected chi connectivity index (χ1v) is 10.4. The summed E-state index contributed by atoms with van der Waals surface area (Å²) in [6, 6.07) is 12.9. The molecule has 2 fully saturated rings. The van der Waals surface area contributed by atoms with E-state index >= 15 is 0 Å². The molecule has 7 nitrogen and oxygen atoms in total. The lowest BCUT2D eigenvalue weighted by molar-refractivity contribution is -0.125. The Morgan fingerprint density at radius 1 is 1.00 bits per heavy atom. The Labute approximate surface area is 172 Å². The van der Waals surface area contributed by atoms with Gasteiger partial charge in [-0.1, -0.05) is 24.3 Å². The number of hydrogen-bond acceptors (Lipinski definition) is 6. The maximum absolute atomic E-state index is 11.0. The van der Waals surface area contributed by atoms with Gasteiger partial charge in [-0.25, -0.2) is 0 Å². The van der Waals surface area contributed by atoms with Crippen LogP contribution in [0.5, 0.6) is 0 Å². The van der Waals surface area contributed by atoms with Crippen LogP contribution in [0.3, 0.4) is 0 Å². The maximum Gasteiger partial charge on any atom is 0.209 e. The van der Waals surface area contributed by atoms with Crippen LogP contribution >= 0.6 is 0 Å². The molecule has 0 N–H and O–H groups in total. The van der Waals surface area contributed by atoms with Gasteiger partial charge in [-0.3, -0.25) is 9.69 Å². The zero-order valence-corrected chi connectivity index (χ0v) is 17.2. The van der Waals surface area contributed by atoms with Gasteiger partial charge in [0.1, 0.15) is 6.10 Å². The molecule has 0 saturated carbocycles. The number of morpholine rings is 1. The molecular weight excluding hydrogens is 366 g/mol. The second kappa shape index (κ2) is 8.88. The predicted octanol–water partition coefficient (Wildman–Crippen LogP) is 2.20. The first-order valence-electron chi connectivity index (χ1n) is 10.4. The molecule has 1 atom stereocenters. The van der Waals surface area contributed by atoms with Crippen molar-refractivity contribution in [3.05, 3.63) is 42.0 Å². The molecule has 1 aromatic heterocycles. The Kier molecular flexibility index (Phi) is 6.06. The molecule has 3 heterocycles. The van der Waals surface area contributed by atoms with E-state index in [2.05, 4.69) is 52.0 Å². The zero-order valence-electron chi connectivity index (χ0n) is 17.2. The quantitative estimate of drug-likeness (QED) is 0.724. The summed E-state index contributed by atoms with van der Waals surface area (Å²) in [6.45, 7) is 10.4. The van der Waals surface area contributed by atoms with E-state index in [1.165, 1.54) is 0 Å². The fraction of sp³-hybridized carbons (Fsp3) is 0.500. The number of piperazine rings is 1. The monoisotopic (exact) mass is 395 g/mol. The third-order valence-electron chi connectivity index (χ3n) is 5.84. The van der Waals surface area contributed by atoms with E-state index < -0.39 is 0 Å². The Hall–Kier alpha value is -2.51. The molecule has 7 heteroatoms. The fourth-order valence-electron chi connectivity index (χ4n) is 3.95. The van der Waals surface area contributed by atoms with Crippen LogP contribution in [0.2, 0.25) is 0 Å². The lowest BCUT2D eigenvalue weighted by atomic mass is 10.0. The molecule has 0 aliphatic carbocycles. The van der Waals surface area contributed by atoms with Crippen molar-refractivity contribution in [3.63, 3.8) is 0 Å². The SMILES string of the molecule is CC(C)N1CCN(c2ccc(-c3ccc(C4CN(C=O)CCO4)cc3)nn2)CC1. The number of amides is 1. The largest absolute Gasteiger partial charge is 0.370 e. The molecule has 1 aromatic carbocycles. The van der Waals surface area contributed by atoms with Crippen LogP contribution in [0.1, 0.15) is 25.5 Å². The van der Waals surface area contributed by atoms with E-state index in [1.54, 1.807) is 4.90 Å². The van der Waals surface area contributed by atoms with E-state index in [0.29, 0.717) is 25.7 Å². The van der Waals surface area contributed by atoms with Gasteiger partial charge in [0.05, 0.1) is 18.8 Å². The number of anilines is 1. The number of rotatable bonds is 5. The highest BCUT2D eigenvalue weighted by Crippen LogP contribution is 2.25. The van der Waals surface area contributed by atoms with Crippen molar-refractivity contribution in [1.82, 2.24) is 20.0 Å². The molecule has 2 aliphatic rings. The molecule has 0 bridgehead atoms. The minimum atomic E-state index is -0.0685. The van der Waals surface area contributed by atoms with Crippen molar-refractivity contribution < 1.29 is 9.53 Å². The van der Waals surface area contributed by atoms with Crippen molar-refractivity contribution in [2.75, 3.05) is 50.8 Å². The molecule has 0 radical (unpaired) electrons. The van der Waals surface area contributed by atoms with Crippen molar-refractivity contribution in [2.45, 2.75) is 26.0 Å². The van der Waals surface area contributed by atoms with Gasteiger partial charge >= 0.3 is 0 Å². The van der Waals surface area contributed by atoms with Gasteiger partial charge in [-0.2, -0.15) is 0 Å². The number of carbonyl (C=O) groups is 1. The Morgan fingerprint density at radius 2 is 1.76 bits per heavy atom. The molecular formula is C22H29N5O2. The van der Waals surface area contributed by atoms with Gasteiger partial charge in [-0.15, -0.1) is 10.2 Å². The average Bonchev–Trinajstić information content (AvgIpc) is 2.79. The van der Waals surface area contributed by atoms with Crippen LogP contribution in [0.4, 0.5) is 5.82 Å². The molecule has 154 valence electrons. The Morgan fingerprint density at radius 3 is 2.38 bits per heavy atom. The standard InChI is InChI=1S/C22H29N5O2/c1-17(2)26-9-11-27(12-10-26)22-8-7-20(23-24-22)18-3-5-19(6-4-18)21-15-25(16-28)13-14-29-21/h3-8,16-17,21H,9-15H2,1-2H3. The zero-order chi connectivity index (χ0) is 20.2. The first-order chi connectivity index (χ1) is 14.1. The number of nitrogens with zero attached hydrogens (tertiary/aromatic N) is 5. The highest BCUT2D eigenvalue weighted by molar-refractivity contribution is 5.60. The topological polar surface area (TPSA) is 61.8 Å². The lowest BCUT2D eigenvalue weighted by Gasteiger charge is -2.37. The van der Waals surface area contributed by atoms with Crippen molar-refractivity contribution in [2.24, 2.45) is 0 Å². The molecule has 2 aliphatic heterocycles. The molecule has 1 unspecified atom stereocenters. The van der Waals surface area contributed by atoms with Crippen LogP contribution in [-0.2, 0) is 9.53 Å². The fourth-order valence-corrected chi connectivity index (χ4v) is 3.95. The summed E-state index contributed by atoms with van der Waals surface area (Å²) in [5.41, 5.74) is 2.97. The number of benzene rings is 1. The minimum absolute atomic E-state index is 0.0685. The Balaban J connectivity index is 1.40. The lowest BCUT2D eigenvalue weighted by Crippen LogP contribution is -2.49. The normalized spacial score (nSPS) is 20.9. The summed E-state index contributed by atoms with van der Waals surface area (Å²) in [4.78, 5) is 17.6. The maximum atomic E-state index is 11.0. The number of hydrogen-bond donors (Lipinski definition) is 0. The van der Waals surface area contributed by atoms with E-state index in [4.69, 9.17) is 4.74 Å². The van der Waals surface area contributed by atoms with Crippen molar-refractivity contribution in [1.29, 1.82) is 0 Å². The third kappa shape index (κ3) is 4.57. The summed E-state index contributed by atoms with van der Waals surface area (Å²) in [5, 5.41) is 8.92. The van der Waals surface area contributed by atoms with Gasteiger partial charge in [0, 0.05) is 44.3 Å². The summed E-state index contributed by atoms with van der Waals surface area (Å²) in [5.74, 6) is 0.943. The number of ether oxygens (including phenoxy) is 1. The smallest absolute Gasteiger partial charge is 0.209 e. The first kappa shape index (κ1) is 19.8. The van der Waals surface area contributed by atoms with Crippen LogP contribution in [-0.4, -0.2) is 78.3 Å². The molecule has 2 saturated heterocycles. The third-order valence-corrected chi connectivity index (χ3v) is 5.84. The van der Waals surface area contributed by atoms with E-state index in [0.717, 1.165) is 55.2 Å². The second-order valence-electron chi connectivity index (χ2n) is 7.98. The molecule has 2 aromatic rings.